The highest BCUT2D eigenvalue weighted by Gasteiger charge is 2.29. The number of nitrogen functional groups attached to an aromatic ring is 1. The number of rotatable bonds is 2. The molecule has 0 bridgehead atoms. The van der Waals surface area contributed by atoms with Crippen LogP contribution in [-0.4, -0.2) is 17.4 Å². The predicted molar refractivity (Wildman–Crippen MR) is 60.4 cm³/mol. The smallest absolute Gasteiger partial charge is 0.256 e. The molecule has 2 N–H and O–H groups in total. The van der Waals surface area contributed by atoms with E-state index in [-0.39, 0.29) is 5.91 Å². The lowest BCUT2D eigenvalue weighted by Gasteiger charge is -2.17. The van der Waals surface area contributed by atoms with Gasteiger partial charge in [0, 0.05) is 18.8 Å². The quantitative estimate of drug-likeness (QED) is 0.748. The van der Waals surface area contributed by atoms with Crippen LogP contribution in [0.3, 0.4) is 0 Å². The monoisotopic (exact) mass is 204 g/mol. The summed E-state index contributed by atoms with van der Waals surface area (Å²) in [6, 6.07) is 5.67. The Morgan fingerprint density at radius 3 is 2.80 bits per heavy atom. The molecule has 3 heteroatoms. The van der Waals surface area contributed by atoms with E-state index in [2.05, 4.69) is 13.8 Å². The maximum atomic E-state index is 12.0. The molecule has 1 aromatic carbocycles. The molecule has 0 aromatic heterocycles. The molecule has 15 heavy (non-hydrogen) atoms. The van der Waals surface area contributed by atoms with Gasteiger partial charge in [-0.1, -0.05) is 26.0 Å². The van der Waals surface area contributed by atoms with E-state index in [1.54, 1.807) is 6.07 Å². The minimum Gasteiger partial charge on any atom is -0.398 e. The van der Waals surface area contributed by atoms with Crippen molar-refractivity contribution in [1.82, 2.24) is 4.90 Å². The minimum atomic E-state index is 0.0804. The molecule has 0 spiro atoms. The Hall–Kier alpha value is -1.51. The molecule has 2 rings (SSSR count). The molecule has 0 fully saturated rings. The maximum absolute atomic E-state index is 12.0. The largest absolute Gasteiger partial charge is 0.398 e. The lowest BCUT2D eigenvalue weighted by Crippen LogP contribution is -2.28. The second kappa shape index (κ2) is 3.57. The number of benzene rings is 1. The molecule has 0 aliphatic carbocycles. The summed E-state index contributed by atoms with van der Waals surface area (Å²) in [7, 11) is 0. The van der Waals surface area contributed by atoms with Crippen molar-refractivity contribution < 1.29 is 4.79 Å². The number of hydrogen-bond donors (Lipinski definition) is 1. The van der Waals surface area contributed by atoms with Gasteiger partial charge in [-0.2, -0.15) is 0 Å². The second-order valence-corrected chi connectivity index (χ2v) is 4.46. The van der Waals surface area contributed by atoms with Crippen molar-refractivity contribution in [2.24, 2.45) is 5.92 Å². The number of nitrogens with two attached hydrogens (primary N) is 1. The van der Waals surface area contributed by atoms with Crippen LogP contribution in [0.5, 0.6) is 0 Å². The first-order chi connectivity index (χ1) is 7.09. The van der Waals surface area contributed by atoms with Crippen LogP contribution in [0.1, 0.15) is 29.8 Å². The van der Waals surface area contributed by atoms with E-state index < -0.39 is 0 Å². The van der Waals surface area contributed by atoms with E-state index in [1.807, 2.05) is 17.0 Å². The third-order valence-corrected chi connectivity index (χ3v) is 2.63. The molecule has 0 unspecified atom stereocenters. The molecular weight excluding hydrogens is 188 g/mol. The van der Waals surface area contributed by atoms with Gasteiger partial charge in [-0.3, -0.25) is 4.79 Å². The normalized spacial score (nSPS) is 14.9. The first-order valence-corrected chi connectivity index (χ1v) is 5.26. The molecule has 0 atom stereocenters. The summed E-state index contributed by atoms with van der Waals surface area (Å²) in [5.41, 5.74) is 8.17. The molecule has 0 saturated carbocycles. The van der Waals surface area contributed by atoms with Crippen molar-refractivity contribution >= 4 is 11.6 Å². The van der Waals surface area contributed by atoms with Crippen LogP contribution in [0.15, 0.2) is 18.2 Å². The number of nitrogens with zero attached hydrogens (tertiary/aromatic N) is 1. The van der Waals surface area contributed by atoms with Crippen molar-refractivity contribution in [3.8, 4) is 0 Å². The molecule has 1 aromatic rings. The van der Waals surface area contributed by atoms with Crippen LogP contribution in [0, 0.1) is 5.92 Å². The van der Waals surface area contributed by atoms with Gasteiger partial charge in [0.15, 0.2) is 0 Å². The van der Waals surface area contributed by atoms with Crippen LogP contribution >= 0.6 is 0 Å². The molecule has 3 nitrogen and oxygen atoms in total. The minimum absolute atomic E-state index is 0.0804. The summed E-state index contributed by atoms with van der Waals surface area (Å²) in [5, 5.41) is 0. The van der Waals surface area contributed by atoms with Crippen LogP contribution < -0.4 is 5.73 Å². The molecule has 0 radical (unpaired) electrons. The molecular formula is C12H16N2O. The fourth-order valence-electron chi connectivity index (χ4n) is 2.04. The third-order valence-electron chi connectivity index (χ3n) is 2.63. The number of hydrogen-bond acceptors (Lipinski definition) is 2. The van der Waals surface area contributed by atoms with E-state index in [9.17, 15) is 4.79 Å². The Morgan fingerprint density at radius 1 is 1.47 bits per heavy atom. The average Bonchev–Trinajstić information content (AvgIpc) is 2.44. The molecule has 1 amide bonds. The van der Waals surface area contributed by atoms with Gasteiger partial charge in [-0.25, -0.2) is 0 Å². The van der Waals surface area contributed by atoms with E-state index in [0.29, 0.717) is 23.7 Å². The Kier molecular flexibility index (Phi) is 2.39. The summed E-state index contributed by atoms with van der Waals surface area (Å²) < 4.78 is 0. The van der Waals surface area contributed by atoms with Crippen LogP contribution in [0.25, 0.3) is 0 Å². The van der Waals surface area contributed by atoms with Gasteiger partial charge in [0.05, 0.1) is 5.56 Å². The van der Waals surface area contributed by atoms with E-state index in [0.717, 1.165) is 12.1 Å². The zero-order chi connectivity index (χ0) is 11.0. The summed E-state index contributed by atoms with van der Waals surface area (Å²) in [6.07, 6.45) is 0. The third kappa shape index (κ3) is 1.69. The van der Waals surface area contributed by atoms with Gasteiger partial charge >= 0.3 is 0 Å². The fraction of sp³-hybridized carbons (Fsp3) is 0.417. The SMILES string of the molecule is CC(C)CN1Cc2cccc(N)c2C1=O. The van der Waals surface area contributed by atoms with Crippen LogP contribution in [0.4, 0.5) is 5.69 Å². The topological polar surface area (TPSA) is 46.3 Å². The number of anilines is 1. The molecule has 80 valence electrons. The Morgan fingerprint density at radius 2 is 2.20 bits per heavy atom. The van der Waals surface area contributed by atoms with Crippen molar-refractivity contribution in [3.05, 3.63) is 29.3 Å². The van der Waals surface area contributed by atoms with Crippen molar-refractivity contribution in [1.29, 1.82) is 0 Å². The highest BCUT2D eigenvalue weighted by Crippen LogP contribution is 2.27. The Balaban J connectivity index is 2.30. The highest BCUT2D eigenvalue weighted by molar-refractivity contribution is 6.03. The van der Waals surface area contributed by atoms with Gasteiger partial charge in [0.2, 0.25) is 0 Å². The predicted octanol–water partition coefficient (Wildman–Crippen LogP) is 1.88. The van der Waals surface area contributed by atoms with Crippen LogP contribution in [-0.2, 0) is 6.54 Å². The van der Waals surface area contributed by atoms with Crippen molar-refractivity contribution in [2.75, 3.05) is 12.3 Å². The zero-order valence-corrected chi connectivity index (χ0v) is 9.16. The summed E-state index contributed by atoms with van der Waals surface area (Å²) in [6.45, 7) is 5.73. The zero-order valence-electron chi connectivity index (χ0n) is 9.16. The fourth-order valence-corrected chi connectivity index (χ4v) is 2.04. The lowest BCUT2D eigenvalue weighted by atomic mass is 10.1. The lowest BCUT2D eigenvalue weighted by molar-refractivity contribution is 0.0760. The average molecular weight is 204 g/mol. The first-order valence-electron chi connectivity index (χ1n) is 5.26. The summed E-state index contributed by atoms with van der Waals surface area (Å²) in [4.78, 5) is 13.9. The molecule has 1 aliphatic heterocycles. The van der Waals surface area contributed by atoms with Crippen molar-refractivity contribution in [2.45, 2.75) is 20.4 Å². The number of fused-ring (bicyclic) bond motifs is 1. The Bertz CT molecular complexity index is 399. The van der Waals surface area contributed by atoms with Crippen LogP contribution in [0.2, 0.25) is 0 Å². The van der Waals surface area contributed by atoms with E-state index in [4.69, 9.17) is 5.73 Å². The van der Waals surface area contributed by atoms with Gasteiger partial charge in [0.25, 0.3) is 5.91 Å². The maximum Gasteiger partial charge on any atom is 0.256 e. The highest BCUT2D eigenvalue weighted by atomic mass is 16.2. The second-order valence-electron chi connectivity index (χ2n) is 4.46. The molecule has 1 aliphatic rings. The first kappa shape index (κ1) is 10.0. The van der Waals surface area contributed by atoms with Gasteiger partial charge in [-0.15, -0.1) is 0 Å². The van der Waals surface area contributed by atoms with Gasteiger partial charge in [0.1, 0.15) is 0 Å². The number of amides is 1. The van der Waals surface area contributed by atoms with Gasteiger partial charge < -0.3 is 10.6 Å². The van der Waals surface area contributed by atoms with Gasteiger partial charge in [-0.05, 0) is 17.5 Å². The summed E-state index contributed by atoms with van der Waals surface area (Å²) in [5.74, 6) is 0.571. The van der Waals surface area contributed by atoms with Crippen molar-refractivity contribution in [3.63, 3.8) is 0 Å². The van der Waals surface area contributed by atoms with E-state index in [1.165, 1.54) is 0 Å². The summed E-state index contributed by atoms with van der Waals surface area (Å²) >= 11 is 0. The van der Waals surface area contributed by atoms with E-state index >= 15 is 0 Å². The standard InChI is InChI=1S/C12H16N2O/c1-8(2)6-14-7-9-4-3-5-10(13)11(9)12(14)15/h3-5,8H,6-7,13H2,1-2H3. The Labute approximate surface area is 89.9 Å². The number of carbonyl (C=O) groups excluding carboxylic acids is 1. The number of carbonyl (C=O) groups is 1. The molecule has 1 heterocycles. The molecule has 0 saturated heterocycles.